The summed E-state index contributed by atoms with van der Waals surface area (Å²) < 4.78 is 29.2. The Hall–Kier alpha value is -1.76. The molecule has 130 valence electrons. The predicted molar refractivity (Wildman–Crippen MR) is 82.3 cm³/mol. The molecule has 1 spiro atoms. The first-order chi connectivity index (χ1) is 11.4. The second-order valence-corrected chi connectivity index (χ2v) is 7.31. The van der Waals surface area contributed by atoms with Crippen LogP contribution in [0.2, 0.25) is 0 Å². The van der Waals surface area contributed by atoms with Gasteiger partial charge in [0.25, 0.3) is 0 Å². The molecule has 3 heterocycles. The normalized spacial score (nSPS) is 34.8. The molecule has 0 aromatic carbocycles. The summed E-state index contributed by atoms with van der Waals surface area (Å²) in [6.45, 7) is -0.328. The zero-order valence-electron chi connectivity index (χ0n) is 13.5. The van der Waals surface area contributed by atoms with Gasteiger partial charge in [-0.15, -0.1) is 0 Å². The summed E-state index contributed by atoms with van der Waals surface area (Å²) in [7, 11) is 0. The predicted octanol–water partition coefficient (Wildman–Crippen LogP) is 2.08. The smallest absolute Gasteiger partial charge is 0.387 e. The monoisotopic (exact) mass is 337 g/mol. The first-order valence-electron chi connectivity index (χ1n) is 8.40. The molecule has 2 aliphatic heterocycles. The number of carbonyl (C=O) groups excluding carboxylic acids is 1. The number of nitrogens with zero attached hydrogens (tertiary/aromatic N) is 2. The SMILES string of the molecule is CC1C2Cc3ncc(OC(F)F)cc3CN2C(=O)[C@]12CC[C@@H](N)C2. The number of hydrogen-bond acceptors (Lipinski definition) is 4. The first kappa shape index (κ1) is 15.7. The molecule has 5 nitrogen and oxygen atoms in total. The molecule has 1 aromatic heterocycles. The van der Waals surface area contributed by atoms with Crippen LogP contribution in [0.15, 0.2) is 12.3 Å². The quantitative estimate of drug-likeness (QED) is 0.897. The maximum atomic E-state index is 13.1. The number of hydrogen-bond donors (Lipinski definition) is 1. The first-order valence-corrected chi connectivity index (χ1v) is 8.40. The van der Waals surface area contributed by atoms with Gasteiger partial charge >= 0.3 is 6.61 Å². The third kappa shape index (κ3) is 2.21. The number of carbonyl (C=O) groups is 1. The molecule has 1 aromatic rings. The van der Waals surface area contributed by atoms with E-state index in [0.29, 0.717) is 13.0 Å². The molecule has 0 radical (unpaired) electrons. The number of rotatable bonds is 2. The molecule has 1 amide bonds. The Morgan fingerprint density at radius 1 is 1.50 bits per heavy atom. The number of aromatic nitrogens is 1. The Bertz CT molecular complexity index is 684. The van der Waals surface area contributed by atoms with Crippen molar-refractivity contribution in [3.8, 4) is 5.75 Å². The minimum atomic E-state index is -2.88. The van der Waals surface area contributed by atoms with Gasteiger partial charge in [-0.25, -0.2) is 0 Å². The largest absolute Gasteiger partial charge is 0.433 e. The Balaban J connectivity index is 1.63. The minimum Gasteiger partial charge on any atom is -0.433 e. The van der Waals surface area contributed by atoms with Crippen LogP contribution in [0.5, 0.6) is 5.75 Å². The lowest BCUT2D eigenvalue weighted by Crippen LogP contribution is -2.40. The molecule has 3 aliphatic rings. The minimum absolute atomic E-state index is 0.0412. The van der Waals surface area contributed by atoms with Crippen LogP contribution in [0, 0.1) is 11.3 Å². The van der Waals surface area contributed by atoms with Gasteiger partial charge < -0.3 is 15.4 Å². The van der Waals surface area contributed by atoms with Crippen LogP contribution in [0.4, 0.5) is 8.78 Å². The highest BCUT2D eigenvalue weighted by Gasteiger charge is 2.59. The van der Waals surface area contributed by atoms with Crippen molar-refractivity contribution in [1.82, 2.24) is 9.88 Å². The van der Waals surface area contributed by atoms with E-state index in [1.807, 2.05) is 4.90 Å². The third-order valence-corrected chi connectivity index (χ3v) is 6.13. The maximum Gasteiger partial charge on any atom is 0.387 e. The molecule has 2 unspecified atom stereocenters. The summed E-state index contributed by atoms with van der Waals surface area (Å²) in [6, 6.07) is 1.78. The van der Waals surface area contributed by atoms with Crippen molar-refractivity contribution in [2.45, 2.75) is 57.8 Å². The molecule has 1 aliphatic carbocycles. The van der Waals surface area contributed by atoms with Gasteiger partial charge in [-0.1, -0.05) is 6.92 Å². The molecule has 24 heavy (non-hydrogen) atoms. The zero-order chi connectivity index (χ0) is 17.1. The number of ether oxygens (including phenoxy) is 1. The van der Waals surface area contributed by atoms with Crippen molar-refractivity contribution in [3.05, 3.63) is 23.5 Å². The average molecular weight is 337 g/mol. The fourth-order valence-corrected chi connectivity index (χ4v) is 4.85. The van der Waals surface area contributed by atoms with Crippen molar-refractivity contribution < 1.29 is 18.3 Å². The highest BCUT2D eigenvalue weighted by atomic mass is 19.3. The lowest BCUT2D eigenvalue weighted by Gasteiger charge is -2.32. The Morgan fingerprint density at radius 2 is 2.29 bits per heavy atom. The van der Waals surface area contributed by atoms with Crippen molar-refractivity contribution in [1.29, 1.82) is 0 Å². The van der Waals surface area contributed by atoms with Gasteiger partial charge in [-0.2, -0.15) is 8.78 Å². The summed E-state index contributed by atoms with van der Waals surface area (Å²) in [6.07, 6.45) is 4.46. The summed E-state index contributed by atoms with van der Waals surface area (Å²) in [5.41, 5.74) is 7.40. The van der Waals surface area contributed by atoms with Gasteiger partial charge in [-0.05, 0) is 36.8 Å². The lowest BCUT2D eigenvalue weighted by molar-refractivity contribution is -0.137. The number of halogens is 2. The molecule has 2 N–H and O–H groups in total. The highest BCUT2D eigenvalue weighted by Crippen LogP contribution is 2.54. The second kappa shape index (κ2) is 5.37. The van der Waals surface area contributed by atoms with E-state index >= 15 is 0 Å². The third-order valence-electron chi connectivity index (χ3n) is 6.13. The molecule has 1 saturated carbocycles. The lowest BCUT2D eigenvalue weighted by atomic mass is 9.73. The van der Waals surface area contributed by atoms with E-state index in [4.69, 9.17) is 5.73 Å². The van der Waals surface area contributed by atoms with Crippen LogP contribution in [-0.2, 0) is 17.8 Å². The second-order valence-electron chi connectivity index (χ2n) is 7.31. The van der Waals surface area contributed by atoms with E-state index in [1.165, 1.54) is 6.20 Å². The maximum absolute atomic E-state index is 13.1. The molecule has 2 fully saturated rings. The van der Waals surface area contributed by atoms with E-state index in [9.17, 15) is 13.6 Å². The van der Waals surface area contributed by atoms with Gasteiger partial charge in [0, 0.05) is 30.7 Å². The van der Waals surface area contributed by atoms with Crippen LogP contribution in [-0.4, -0.2) is 34.5 Å². The number of alkyl halides is 2. The molecular weight excluding hydrogens is 316 g/mol. The number of amides is 1. The van der Waals surface area contributed by atoms with Gasteiger partial charge in [0.15, 0.2) is 0 Å². The van der Waals surface area contributed by atoms with E-state index < -0.39 is 6.61 Å². The van der Waals surface area contributed by atoms with Crippen LogP contribution < -0.4 is 10.5 Å². The zero-order valence-corrected chi connectivity index (χ0v) is 13.5. The van der Waals surface area contributed by atoms with Gasteiger partial charge in [0.2, 0.25) is 5.91 Å². The van der Waals surface area contributed by atoms with E-state index in [0.717, 1.165) is 30.5 Å². The van der Waals surface area contributed by atoms with E-state index in [1.54, 1.807) is 6.07 Å². The van der Waals surface area contributed by atoms with Crippen molar-refractivity contribution in [2.75, 3.05) is 0 Å². The van der Waals surface area contributed by atoms with Crippen molar-refractivity contribution >= 4 is 5.91 Å². The molecule has 0 bridgehead atoms. The summed E-state index contributed by atoms with van der Waals surface area (Å²) in [5, 5.41) is 0. The van der Waals surface area contributed by atoms with Crippen LogP contribution in [0.1, 0.15) is 37.4 Å². The van der Waals surface area contributed by atoms with E-state index in [2.05, 4.69) is 16.6 Å². The average Bonchev–Trinajstić information content (AvgIpc) is 3.01. The summed E-state index contributed by atoms with van der Waals surface area (Å²) in [5.74, 6) is 0.434. The summed E-state index contributed by atoms with van der Waals surface area (Å²) >= 11 is 0. The molecule has 4 atom stereocenters. The Kier molecular flexibility index (Phi) is 3.53. The van der Waals surface area contributed by atoms with Crippen LogP contribution in [0.3, 0.4) is 0 Å². The number of nitrogens with two attached hydrogens (primary N) is 1. The Morgan fingerprint density at radius 3 is 2.96 bits per heavy atom. The fraction of sp³-hybridized carbons (Fsp3) is 0.647. The molecule has 1 saturated heterocycles. The van der Waals surface area contributed by atoms with Crippen LogP contribution in [0.25, 0.3) is 0 Å². The molecule has 7 heteroatoms. The van der Waals surface area contributed by atoms with Gasteiger partial charge in [-0.3, -0.25) is 9.78 Å². The topological polar surface area (TPSA) is 68.5 Å². The number of pyridine rings is 1. The van der Waals surface area contributed by atoms with E-state index in [-0.39, 0.29) is 35.1 Å². The number of fused-ring (bicyclic) bond motifs is 2. The van der Waals surface area contributed by atoms with Gasteiger partial charge in [0.05, 0.1) is 11.6 Å². The van der Waals surface area contributed by atoms with Gasteiger partial charge in [0.1, 0.15) is 5.75 Å². The molecular formula is C17H21F2N3O2. The fourth-order valence-electron chi connectivity index (χ4n) is 4.85. The highest BCUT2D eigenvalue weighted by molar-refractivity contribution is 5.87. The summed E-state index contributed by atoms with van der Waals surface area (Å²) in [4.78, 5) is 19.3. The Labute approximate surface area is 139 Å². The van der Waals surface area contributed by atoms with Crippen molar-refractivity contribution in [2.24, 2.45) is 17.1 Å². The van der Waals surface area contributed by atoms with Crippen molar-refractivity contribution in [3.63, 3.8) is 0 Å². The molecule has 4 rings (SSSR count). The standard InChI is InChI=1S/C17H21F2N3O2/c1-9-14-5-13-10(4-12(7-21-13)24-16(18)19)8-22(14)15(23)17(9)3-2-11(20)6-17/h4,7,9,11,14,16H,2-3,5-6,8,20H2,1H3/t9?,11-,14?,17+/m1/s1. The van der Waals surface area contributed by atoms with Crippen LogP contribution >= 0.6 is 0 Å².